The smallest absolute Gasteiger partial charge is 0.260 e. The van der Waals surface area contributed by atoms with Crippen molar-refractivity contribution in [1.29, 1.82) is 0 Å². The topological polar surface area (TPSA) is 90.8 Å². The monoisotopic (exact) mass is 478 g/mol. The van der Waals surface area contributed by atoms with Gasteiger partial charge in [-0.25, -0.2) is 4.52 Å². The standard InChI is InChI=1S/C19H23BrN6O2S/c1-11-15(24-18(28)14-9-23-26-10-16(20)29-19(14)26)6-12(7-21-11)17(27)22-8-13-4-3-5-25(13)2/h6-7,9-11,13,21H,3-5,8H2,1-2H3,(H,22,27)(H,24,28). The van der Waals surface area contributed by atoms with Crippen molar-refractivity contribution in [2.75, 3.05) is 20.1 Å². The molecule has 2 amide bonds. The molecule has 2 unspecified atom stereocenters. The fourth-order valence-electron chi connectivity index (χ4n) is 3.58. The van der Waals surface area contributed by atoms with Gasteiger partial charge in [-0.15, -0.1) is 11.3 Å². The zero-order chi connectivity index (χ0) is 20.5. The highest BCUT2D eigenvalue weighted by Gasteiger charge is 2.24. The fourth-order valence-corrected chi connectivity index (χ4v) is 5.02. The lowest BCUT2D eigenvalue weighted by Gasteiger charge is -2.24. The van der Waals surface area contributed by atoms with E-state index in [-0.39, 0.29) is 17.9 Å². The van der Waals surface area contributed by atoms with E-state index in [9.17, 15) is 9.59 Å². The maximum Gasteiger partial charge on any atom is 0.260 e. The fraction of sp³-hybridized carbons (Fsp3) is 0.421. The third kappa shape index (κ3) is 4.24. The van der Waals surface area contributed by atoms with Gasteiger partial charge in [0.1, 0.15) is 4.83 Å². The Morgan fingerprint density at radius 3 is 3.00 bits per heavy atom. The third-order valence-electron chi connectivity index (χ3n) is 5.37. The van der Waals surface area contributed by atoms with Crippen molar-refractivity contribution < 1.29 is 9.59 Å². The Balaban J connectivity index is 1.43. The molecule has 2 aromatic heterocycles. The quantitative estimate of drug-likeness (QED) is 0.609. The number of likely N-dealkylation sites (tertiary alicyclic amines) is 1. The van der Waals surface area contributed by atoms with Crippen LogP contribution in [0.4, 0.5) is 0 Å². The van der Waals surface area contributed by atoms with E-state index >= 15 is 0 Å². The molecule has 4 rings (SSSR count). The summed E-state index contributed by atoms with van der Waals surface area (Å²) in [5.41, 5.74) is 1.65. The van der Waals surface area contributed by atoms with Gasteiger partial charge < -0.3 is 20.9 Å². The van der Waals surface area contributed by atoms with E-state index in [0.29, 0.717) is 29.4 Å². The number of likely N-dealkylation sites (N-methyl/N-ethyl adjacent to an activating group) is 1. The summed E-state index contributed by atoms with van der Waals surface area (Å²) in [4.78, 5) is 28.4. The second kappa shape index (κ2) is 8.29. The molecular weight excluding hydrogens is 456 g/mol. The summed E-state index contributed by atoms with van der Waals surface area (Å²) in [5.74, 6) is -0.393. The van der Waals surface area contributed by atoms with Crippen LogP contribution in [0.3, 0.4) is 0 Å². The summed E-state index contributed by atoms with van der Waals surface area (Å²) in [6, 6.07) is 0.269. The molecule has 0 aromatic carbocycles. The van der Waals surface area contributed by atoms with Crippen LogP contribution >= 0.6 is 27.3 Å². The second-order valence-corrected chi connectivity index (χ2v) is 9.78. The molecule has 29 heavy (non-hydrogen) atoms. The van der Waals surface area contributed by atoms with Crippen LogP contribution in [-0.2, 0) is 4.79 Å². The van der Waals surface area contributed by atoms with Gasteiger partial charge in [-0.2, -0.15) is 5.10 Å². The van der Waals surface area contributed by atoms with E-state index in [1.165, 1.54) is 11.3 Å². The molecule has 4 heterocycles. The van der Waals surface area contributed by atoms with E-state index in [4.69, 9.17) is 0 Å². The lowest BCUT2D eigenvalue weighted by molar-refractivity contribution is -0.117. The van der Waals surface area contributed by atoms with Crippen molar-refractivity contribution in [2.45, 2.75) is 31.8 Å². The number of hydrogen-bond acceptors (Lipinski definition) is 6. The number of aromatic nitrogens is 2. The minimum atomic E-state index is -0.247. The lowest BCUT2D eigenvalue weighted by Crippen LogP contribution is -2.41. The van der Waals surface area contributed by atoms with Crippen LogP contribution in [0.15, 0.2) is 39.7 Å². The Kier molecular flexibility index (Phi) is 5.75. The number of dihydropyridines is 1. The molecule has 10 heteroatoms. The SMILES string of the molecule is CC1NC=C(C(=O)NCC2CCCN2C)C=C1NC(=O)c1cnn2cc(Br)sc12. The number of hydrogen-bond donors (Lipinski definition) is 3. The summed E-state index contributed by atoms with van der Waals surface area (Å²) < 4.78 is 2.57. The molecule has 8 nitrogen and oxygen atoms in total. The predicted molar refractivity (Wildman–Crippen MR) is 116 cm³/mol. The first kappa shape index (κ1) is 20.1. The molecule has 0 bridgehead atoms. The minimum Gasteiger partial charge on any atom is -0.382 e. The Hall–Kier alpha value is -2.17. The molecule has 2 aliphatic rings. The van der Waals surface area contributed by atoms with Gasteiger partial charge in [-0.3, -0.25) is 9.59 Å². The zero-order valence-corrected chi connectivity index (χ0v) is 18.6. The van der Waals surface area contributed by atoms with E-state index in [2.05, 4.69) is 48.9 Å². The Bertz CT molecular complexity index is 1010. The van der Waals surface area contributed by atoms with Crippen molar-refractivity contribution in [3.63, 3.8) is 0 Å². The van der Waals surface area contributed by atoms with Crippen molar-refractivity contribution >= 4 is 43.9 Å². The molecule has 0 radical (unpaired) electrons. The van der Waals surface area contributed by atoms with E-state index in [0.717, 1.165) is 28.0 Å². The summed E-state index contributed by atoms with van der Waals surface area (Å²) in [6.45, 7) is 3.63. The van der Waals surface area contributed by atoms with Gasteiger partial charge in [0.25, 0.3) is 11.8 Å². The molecule has 2 aromatic rings. The van der Waals surface area contributed by atoms with Crippen LogP contribution in [0.2, 0.25) is 0 Å². The number of nitrogens with one attached hydrogen (secondary N) is 3. The maximum absolute atomic E-state index is 12.8. The third-order valence-corrected chi connectivity index (χ3v) is 6.96. The Labute approximate surface area is 181 Å². The highest BCUT2D eigenvalue weighted by molar-refractivity contribution is 9.11. The molecule has 1 fully saturated rings. The van der Waals surface area contributed by atoms with Gasteiger partial charge in [0, 0.05) is 24.5 Å². The highest BCUT2D eigenvalue weighted by atomic mass is 79.9. The molecular formula is C19H23BrN6O2S. The number of nitrogens with zero attached hydrogens (tertiary/aromatic N) is 3. The highest BCUT2D eigenvalue weighted by Crippen LogP contribution is 2.26. The number of carbonyl (C=O) groups excluding carboxylic acids is 2. The predicted octanol–water partition coefficient (Wildman–Crippen LogP) is 1.86. The second-order valence-electron chi connectivity index (χ2n) is 7.37. The zero-order valence-electron chi connectivity index (χ0n) is 16.2. The molecule has 154 valence electrons. The average Bonchev–Trinajstić information content (AvgIpc) is 3.36. The van der Waals surface area contributed by atoms with Gasteiger partial charge in [0.15, 0.2) is 0 Å². The number of halogens is 1. The molecule has 2 atom stereocenters. The van der Waals surface area contributed by atoms with Crippen LogP contribution in [0.1, 0.15) is 30.1 Å². The minimum absolute atomic E-state index is 0.113. The van der Waals surface area contributed by atoms with Gasteiger partial charge in [0.2, 0.25) is 0 Å². The number of fused-ring (bicyclic) bond motifs is 1. The van der Waals surface area contributed by atoms with Crippen molar-refractivity contribution in [3.05, 3.63) is 45.3 Å². The van der Waals surface area contributed by atoms with Crippen LogP contribution < -0.4 is 16.0 Å². The first-order chi connectivity index (χ1) is 13.9. The Morgan fingerprint density at radius 2 is 2.24 bits per heavy atom. The number of carbonyl (C=O) groups is 2. The average molecular weight is 479 g/mol. The summed E-state index contributed by atoms with van der Waals surface area (Å²) in [6.07, 6.45) is 9.06. The molecule has 0 aliphatic carbocycles. The molecule has 2 aliphatic heterocycles. The number of thiazole rings is 1. The number of rotatable bonds is 5. The molecule has 0 saturated carbocycles. The summed E-state index contributed by atoms with van der Waals surface area (Å²) >= 11 is 4.85. The van der Waals surface area contributed by atoms with Crippen LogP contribution in [0.5, 0.6) is 0 Å². The van der Waals surface area contributed by atoms with E-state index in [1.807, 2.05) is 13.1 Å². The molecule has 1 saturated heterocycles. The van der Waals surface area contributed by atoms with Gasteiger partial charge in [0.05, 0.1) is 33.4 Å². The normalized spacial score (nSPS) is 22.2. The molecule has 0 spiro atoms. The van der Waals surface area contributed by atoms with E-state index < -0.39 is 0 Å². The van der Waals surface area contributed by atoms with E-state index in [1.54, 1.807) is 23.0 Å². The maximum atomic E-state index is 12.8. The van der Waals surface area contributed by atoms with Crippen LogP contribution in [-0.4, -0.2) is 58.5 Å². The van der Waals surface area contributed by atoms with Crippen molar-refractivity contribution in [3.8, 4) is 0 Å². The first-order valence-electron chi connectivity index (χ1n) is 9.52. The number of amides is 2. The van der Waals surface area contributed by atoms with Gasteiger partial charge >= 0.3 is 0 Å². The van der Waals surface area contributed by atoms with Gasteiger partial charge in [-0.05, 0) is 55.4 Å². The van der Waals surface area contributed by atoms with Crippen LogP contribution in [0, 0.1) is 0 Å². The lowest BCUT2D eigenvalue weighted by atomic mass is 10.1. The van der Waals surface area contributed by atoms with Crippen LogP contribution in [0.25, 0.3) is 4.83 Å². The Morgan fingerprint density at radius 1 is 1.41 bits per heavy atom. The molecule has 3 N–H and O–H groups in total. The van der Waals surface area contributed by atoms with Gasteiger partial charge in [-0.1, -0.05) is 0 Å². The summed E-state index contributed by atoms with van der Waals surface area (Å²) in [5, 5.41) is 13.3. The van der Waals surface area contributed by atoms with Crippen molar-refractivity contribution in [1.82, 2.24) is 30.5 Å². The largest absolute Gasteiger partial charge is 0.382 e. The first-order valence-corrected chi connectivity index (χ1v) is 11.1. The van der Waals surface area contributed by atoms with Crippen molar-refractivity contribution in [2.24, 2.45) is 0 Å². The summed E-state index contributed by atoms with van der Waals surface area (Å²) in [7, 11) is 2.08.